The number of nitriles is 1. The van der Waals surface area contributed by atoms with Gasteiger partial charge < -0.3 is 4.74 Å². The zero-order valence-corrected chi connectivity index (χ0v) is 7.18. The molecular weight excluding hydrogens is 181 g/mol. The standard InChI is InChI=1S/C7H6ClFO.CHN/c1-10-7-5(8)3-2-4-6(7)9;1-2/h2-4H,1H3;1H. The Morgan fingerprint density at radius 3 is 2.42 bits per heavy atom. The molecule has 0 aliphatic heterocycles. The molecule has 1 rings (SSSR count). The van der Waals surface area contributed by atoms with Crippen molar-refractivity contribution in [3.05, 3.63) is 29.0 Å². The summed E-state index contributed by atoms with van der Waals surface area (Å²) in [6, 6.07) is 4.40. The molecule has 0 spiro atoms. The molecule has 0 aromatic heterocycles. The van der Waals surface area contributed by atoms with Gasteiger partial charge in [-0.2, -0.15) is 0 Å². The lowest BCUT2D eigenvalue weighted by atomic mass is 10.3. The van der Waals surface area contributed by atoms with Crippen molar-refractivity contribution in [1.82, 2.24) is 0 Å². The Labute approximate surface area is 75.1 Å². The predicted molar refractivity (Wildman–Crippen MR) is 44.6 cm³/mol. The van der Waals surface area contributed by atoms with Gasteiger partial charge in [0.05, 0.1) is 12.1 Å². The molecule has 4 heteroatoms. The lowest BCUT2D eigenvalue weighted by Gasteiger charge is -2.01. The first-order chi connectivity index (χ1) is 5.75. The third-order valence-corrected chi connectivity index (χ3v) is 1.42. The molecule has 0 unspecified atom stereocenters. The average molecular weight is 188 g/mol. The van der Waals surface area contributed by atoms with Crippen molar-refractivity contribution in [1.29, 1.82) is 5.26 Å². The van der Waals surface area contributed by atoms with E-state index in [1.807, 2.05) is 0 Å². The van der Waals surface area contributed by atoms with Crippen molar-refractivity contribution in [2.24, 2.45) is 0 Å². The minimum Gasteiger partial charge on any atom is -0.492 e. The Kier molecular flexibility index (Phi) is 4.82. The van der Waals surface area contributed by atoms with Gasteiger partial charge in [0, 0.05) is 6.57 Å². The molecule has 0 saturated carbocycles. The second-order valence-corrected chi connectivity index (χ2v) is 2.16. The van der Waals surface area contributed by atoms with E-state index in [4.69, 9.17) is 16.9 Å². The first-order valence-electron chi connectivity index (χ1n) is 2.99. The summed E-state index contributed by atoms with van der Waals surface area (Å²) in [7, 11) is 1.38. The van der Waals surface area contributed by atoms with Crippen LogP contribution in [0.1, 0.15) is 0 Å². The summed E-state index contributed by atoms with van der Waals surface area (Å²) in [5.74, 6) is -0.334. The number of methoxy groups -OCH3 is 1. The fourth-order valence-corrected chi connectivity index (χ4v) is 0.918. The lowest BCUT2D eigenvalue weighted by molar-refractivity contribution is 0.387. The summed E-state index contributed by atoms with van der Waals surface area (Å²) in [4.78, 5) is 0. The molecule has 0 radical (unpaired) electrons. The highest BCUT2D eigenvalue weighted by Gasteiger charge is 2.04. The van der Waals surface area contributed by atoms with Gasteiger partial charge in [0.15, 0.2) is 11.6 Å². The van der Waals surface area contributed by atoms with E-state index in [1.54, 1.807) is 6.07 Å². The van der Waals surface area contributed by atoms with Gasteiger partial charge in [0.1, 0.15) is 0 Å². The second kappa shape index (κ2) is 5.39. The maximum atomic E-state index is 12.6. The van der Waals surface area contributed by atoms with Gasteiger partial charge in [-0.1, -0.05) is 17.7 Å². The van der Waals surface area contributed by atoms with Crippen LogP contribution in [0.25, 0.3) is 0 Å². The van der Waals surface area contributed by atoms with Crippen LogP contribution in [0.15, 0.2) is 18.2 Å². The van der Waals surface area contributed by atoms with Crippen LogP contribution in [0.5, 0.6) is 5.75 Å². The quantitative estimate of drug-likeness (QED) is 0.677. The molecule has 0 bridgehead atoms. The van der Waals surface area contributed by atoms with E-state index >= 15 is 0 Å². The molecule has 0 fully saturated rings. The molecule has 2 nitrogen and oxygen atoms in total. The van der Waals surface area contributed by atoms with E-state index in [9.17, 15) is 4.39 Å². The van der Waals surface area contributed by atoms with Crippen LogP contribution in [-0.4, -0.2) is 7.11 Å². The fourth-order valence-electron chi connectivity index (χ4n) is 0.678. The van der Waals surface area contributed by atoms with Gasteiger partial charge >= 0.3 is 0 Å². The van der Waals surface area contributed by atoms with Gasteiger partial charge in [-0.3, -0.25) is 0 Å². The van der Waals surface area contributed by atoms with Crippen LogP contribution in [0, 0.1) is 17.7 Å². The Morgan fingerprint density at radius 1 is 1.50 bits per heavy atom. The van der Waals surface area contributed by atoms with Gasteiger partial charge in [-0.05, 0) is 12.1 Å². The Balaban J connectivity index is 0.000000561. The molecule has 1 aromatic carbocycles. The maximum Gasteiger partial charge on any atom is 0.173 e. The highest BCUT2D eigenvalue weighted by atomic mass is 35.5. The van der Waals surface area contributed by atoms with Crippen LogP contribution < -0.4 is 4.74 Å². The summed E-state index contributed by atoms with van der Waals surface area (Å²) in [5.41, 5.74) is 0. The normalized spacial score (nSPS) is 8.08. The Bertz CT molecular complexity index is 255. The fraction of sp³-hybridized carbons (Fsp3) is 0.125. The van der Waals surface area contributed by atoms with Crippen molar-refractivity contribution in [2.75, 3.05) is 7.11 Å². The number of halogens is 2. The SMILES string of the molecule is C#N.COc1c(F)cccc1Cl. The van der Waals surface area contributed by atoms with Crippen molar-refractivity contribution in [3.8, 4) is 12.3 Å². The summed E-state index contributed by atoms with van der Waals surface area (Å²) >= 11 is 5.56. The molecule has 0 N–H and O–H groups in total. The maximum absolute atomic E-state index is 12.6. The van der Waals surface area contributed by atoms with E-state index in [2.05, 4.69) is 11.3 Å². The van der Waals surface area contributed by atoms with Crippen LogP contribution >= 0.6 is 11.6 Å². The summed E-state index contributed by atoms with van der Waals surface area (Å²) in [6.45, 7) is 3.50. The van der Waals surface area contributed by atoms with Gasteiger partial charge in [-0.15, -0.1) is 0 Å². The highest BCUT2D eigenvalue weighted by Crippen LogP contribution is 2.26. The molecule has 0 amide bonds. The number of rotatable bonds is 1. The number of para-hydroxylation sites is 1. The van der Waals surface area contributed by atoms with E-state index in [0.29, 0.717) is 5.02 Å². The number of ether oxygens (including phenoxy) is 1. The van der Waals surface area contributed by atoms with Gasteiger partial charge in [0.25, 0.3) is 0 Å². The number of hydrogen-bond acceptors (Lipinski definition) is 2. The number of benzene rings is 1. The predicted octanol–water partition coefficient (Wildman–Crippen LogP) is 2.63. The van der Waals surface area contributed by atoms with Crippen LogP contribution in [0.4, 0.5) is 4.39 Å². The third kappa shape index (κ3) is 2.40. The Morgan fingerprint density at radius 2 is 2.08 bits per heavy atom. The van der Waals surface area contributed by atoms with E-state index < -0.39 is 5.82 Å². The molecule has 1 aromatic rings. The summed E-state index contributed by atoms with van der Waals surface area (Å²) in [5, 5.41) is 6.79. The molecule has 0 saturated heterocycles. The first-order valence-corrected chi connectivity index (χ1v) is 3.37. The highest BCUT2D eigenvalue weighted by molar-refractivity contribution is 6.32. The van der Waals surface area contributed by atoms with Crippen LogP contribution in [0.2, 0.25) is 5.02 Å². The van der Waals surface area contributed by atoms with Crippen molar-refractivity contribution >= 4 is 11.6 Å². The minimum atomic E-state index is -0.435. The Hall–Kier alpha value is -1.27. The molecular formula is C8H7ClFNO. The number of hydrogen-bond donors (Lipinski definition) is 0. The molecule has 0 atom stereocenters. The molecule has 0 aliphatic carbocycles. The average Bonchev–Trinajstić information content (AvgIpc) is 2.08. The summed E-state index contributed by atoms with van der Waals surface area (Å²) in [6.07, 6.45) is 0. The van der Waals surface area contributed by atoms with Crippen molar-refractivity contribution in [2.45, 2.75) is 0 Å². The topological polar surface area (TPSA) is 33.0 Å². The van der Waals surface area contributed by atoms with E-state index in [-0.39, 0.29) is 5.75 Å². The monoisotopic (exact) mass is 187 g/mol. The first kappa shape index (κ1) is 10.7. The van der Waals surface area contributed by atoms with Gasteiger partial charge in [-0.25, -0.2) is 9.65 Å². The van der Waals surface area contributed by atoms with Crippen LogP contribution in [0.3, 0.4) is 0 Å². The largest absolute Gasteiger partial charge is 0.492 e. The number of nitrogens with zero attached hydrogens (tertiary/aromatic N) is 1. The molecule has 64 valence electrons. The van der Waals surface area contributed by atoms with E-state index in [1.165, 1.54) is 19.2 Å². The summed E-state index contributed by atoms with van der Waals surface area (Å²) < 4.78 is 17.3. The lowest BCUT2D eigenvalue weighted by Crippen LogP contribution is -1.87. The smallest absolute Gasteiger partial charge is 0.173 e. The third-order valence-electron chi connectivity index (χ3n) is 1.12. The second-order valence-electron chi connectivity index (χ2n) is 1.75. The zero-order chi connectivity index (χ0) is 9.56. The zero-order valence-electron chi connectivity index (χ0n) is 6.42. The van der Waals surface area contributed by atoms with E-state index in [0.717, 1.165) is 0 Å². The van der Waals surface area contributed by atoms with Crippen LogP contribution in [-0.2, 0) is 0 Å². The van der Waals surface area contributed by atoms with Crippen molar-refractivity contribution < 1.29 is 9.13 Å². The van der Waals surface area contributed by atoms with Gasteiger partial charge in [0.2, 0.25) is 0 Å². The molecule has 12 heavy (non-hydrogen) atoms. The van der Waals surface area contributed by atoms with Crippen molar-refractivity contribution in [3.63, 3.8) is 0 Å². The molecule has 0 heterocycles. The minimum absolute atomic E-state index is 0.101. The molecule has 0 aliphatic rings.